The zero-order valence-electron chi connectivity index (χ0n) is 54.7. The highest BCUT2D eigenvalue weighted by Crippen LogP contribution is 2.48. The second-order valence-electron chi connectivity index (χ2n) is 26.1. The lowest BCUT2D eigenvalue weighted by Gasteiger charge is -2.39. The number of phenols is 1. The molecule has 0 amide bonds. The number of halogens is 2. The van der Waals surface area contributed by atoms with E-state index in [-0.39, 0.29) is 58.6 Å². The van der Waals surface area contributed by atoms with Gasteiger partial charge in [0.05, 0.1) is 44.6 Å². The predicted molar refractivity (Wildman–Crippen MR) is 340 cm³/mol. The second-order valence-corrected chi connectivity index (χ2v) is 29.6. The van der Waals surface area contributed by atoms with Gasteiger partial charge in [-0.2, -0.15) is 8.78 Å². The molecule has 7 unspecified atom stereocenters. The van der Waals surface area contributed by atoms with E-state index >= 15 is 0 Å². The van der Waals surface area contributed by atoms with Crippen LogP contribution in [0.1, 0.15) is 154 Å². The molecule has 3 aliphatic heterocycles. The third kappa shape index (κ3) is 19.2. The Morgan fingerprint density at radius 2 is 1.06 bits per heavy atom. The summed E-state index contributed by atoms with van der Waals surface area (Å²) in [7, 11) is -5.87. The van der Waals surface area contributed by atoms with Crippen LogP contribution in [-0.4, -0.2) is 89.3 Å². The van der Waals surface area contributed by atoms with Crippen LogP contribution in [0, 0.1) is 33.5 Å². The molecule has 2 bridgehead atoms. The molecule has 0 radical (unpaired) electrons. The van der Waals surface area contributed by atoms with E-state index in [0.29, 0.717) is 37.9 Å². The average Bonchev–Trinajstić information content (AvgIpc) is 1.57. The largest absolute Gasteiger partial charge is 0.743 e. The zero-order valence-corrected chi connectivity index (χ0v) is 56.3. The highest BCUT2D eigenvalue weighted by atomic mass is 32.2. The first kappa shape index (κ1) is 74.1. The summed E-state index contributed by atoms with van der Waals surface area (Å²) >= 11 is 0. The fourth-order valence-electron chi connectivity index (χ4n) is 9.42. The summed E-state index contributed by atoms with van der Waals surface area (Å²) in [5.41, 5.74) is 0.0528. The third-order valence-electron chi connectivity index (χ3n) is 17.5. The van der Waals surface area contributed by atoms with Crippen molar-refractivity contribution < 1.29 is 79.3 Å². The molecule has 492 valence electrons. The van der Waals surface area contributed by atoms with Crippen molar-refractivity contribution in [2.24, 2.45) is 33.5 Å². The van der Waals surface area contributed by atoms with Crippen molar-refractivity contribution in [1.82, 2.24) is 0 Å². The molecule has 7 atom stereocenters. The van der Waals surface area contributed by atoms with E-state index in [1.165, 1.54) is 51.8 Å². The standard InChI is InChI=1S/C19H28O2.C18H15S.C13H18O5.C12H16O3.C9H16F2O5S/c1-6-18(2,3)17(20)21-19(4,5)16-12-11-14-9-7-8-10-15(14)13-16;1-4-10-16(11-5-1)19(17-12-6-2-7-13-17)18-14-8-3-9-15-18;1-4-13(2,3)12(15)18-9-7-5-6-8(16-7)10(9)17-11(6)14;1-4-12(2,3)11(14)15-10-7-5-9(13)6-8-10;1-5-8(3,4)7(12)16-6(2)9(10,11)17(13,14)15/h7-10,16H,6,11-13H2,1-5H3;1-15H;6-10H,4-5H2,1-3H3;5-8,13H,4H2,1-3H3;6H,5H2,1-4H3,(H,13,14,15)/q;+1;;;/p-1. The number of carbonyl (C=O) groups excluding carboxylic acids is 5. The van der Waals surface area contributed by atoms with Crippen LogP contribution in [0.25, 0.3) is 0 Å². The number of aryl methyl sites for hydroxylation is 1. The number of carbonyl (C=O) groups is 5. The van der Waals surface area contributed by atoms with E-state index < -0.39 is 66.9 Å². The lowest BCUT2D eigenvalue weighted by atomic mass is 9.75. The van der Waals surface area contributed by atoms with Gasteiger partial charge in [0.1, 0.15) is 23.2 Å². The molecule has 5 aromatic rings. The summed E-state index contributed by atoms with van der Waals surface area (Å²) in [5.74, 6) is -0.895. The van der Waals surface area contributed by atoms with Gasteiger partial charge in [-0.1, -0.05) is 107 Å². The van der Waals surface area contributed by atoms with Gasteiger partial charge in [0.25, 0.3) is 0 Å². The van der Waals surface area contributed by atoms with Crippen molar-refractivity contribution in [3.05, 3.63) is 151 Å². The summed E-state index contributed by atoms with van der Waals surface area (Å²) < 4.78 is 88.8. The minimum atomic E-state index is -5.86. The molecule has 9 rings (SSSR count). The Labute approximate surface area is 534 Å². The number of ether oxygens (including phenoxy) is 6. The van der Waals surface area contributed by atoms with Crippen LogP contribution in [0.4, 0.5) is 8.78 Å². The number of fused-ring (bicyclic) bond motifs is 2. The number of hydrogen-bond acceptors (Lipinski definition) is 15. The highest BCUT2D eigenvalue weighted by Gasteiger charge is 2.65. The molecule has 0 aromatic heterocycles. The Kier molecular flexibility index (Phi) is 25.6. The Balaban J connectivity index is 0.000000205. The second kappa shape index (κ2) is 31.1. The van der Waals surface area contributed by atoms with Crippen LogP contribution < -0.4 is 4.74 Å². The number of esters is 5. The summed E-state index contributed by atoms with van der Waals surface area (Å²) in [5, 5.41) is 4.42. The van der Waals surface area contributed by atoms with E-state index in [1.807, 2.05) is 62.3 Å². The van der Waals surface area contributed by atoms with Crippen LogP contribution in [0.2, 0.25) is 0 Å². The maximum atomic E-state index is 13.0. The quantitative estimate of drug-likeness (QED) is 0.0284. The fraction of sp³-hybridized carbons (Fsp3) is 0.507. The molecule has 3 saturated heterocycles. The number of alkyl halides is 2. The zero-order chi connectivity index (χ0) is 67.2. The summed E-state index contributed by atoms with van der Waals surface area (Å²) in [6.45, 7) is 26.6. The molecule has 4 aliphatic rings. The van der Waals surface area contributed by atoms with Gasteiger partial charge in [0.2, 0.25) is 0 Å². The van der Waals surface area contributed by atoms with Crippen LogP contribution >= 0.6 is 0 Å². The lowest BCUT2D eigenvalue weighted by Crippen LogP contribution is -2.44. The number of hydrogen-bond donors (Lipinski definition) is 1. The van der Waals surface area contributed by atoms with Gasteiger partial charge in [-0.25, -0.2) is 8.42 Å². The Morgan fingerprint density at radius 1 is 0.622 bits per heavy atom. The molecule has 1 aliphatic carbocycles. The Morgan fingerprint density at radius 3 is 1.52 bits per heavy atom. The van der Waals surface area contributed by atoms with Gasteiger partial charge in [0, 0.05) is 5.92 Å². The summed E-state index contributed by atoms with van der Waals surface area (Å²) in [6, 6.07) is 46.9. The maximum Gasteiger partial charge on any atom is 0.369 e. The molecule has 90 heavy (non-hydrogen) atoms. The molecular formula is C71H92F2O15S2. The highest BCUT2D eigenvalue weighted by molar-refractivity contribution is 7.97. The van der Waals surface area contributed by atoms with E-state index in [9.17, 15) is 45.7 Å². The molecule has 19 heteroatoms. The number of phenolic OH excluding ortho intramolecular Hbond substituents is 1. The monoisotopic (exact) mass is 1290 g/mol. The van der Waals surface area contributed by atoms with Crippen molar-refractivity contribution in [2.75, 3.05) is 0 Å². The van der Waals surface area contributed by atoms with Crippen LogP contribution in [0.3, 0.4) is 0 Å². The van der Waals surface area contributed by atoms with Gasteiger partial charge in [-0.15, -0.1) is 0 Å². The van der Waals surface area contributed by atoms with E-state index in [2.05, 4.69) is 134 Å². The average molecular weight is 1290 g/mol. The molecule has 3 heterocycles. The molecule has 3 fully saturated rings. The van der Waals surface area contributed by atoms with E-state index in [0.717, 1.165) is 32.1 Å². The van der Waals surface area contributed by atoms with Crippen molar-refractivity contribution in [3.63, 3.8) is 0 Å². The first-order valence-electron chi connectivity index (χ1n) is 30.8. The predicted octanol–water partition coefficient (Wildman–Crippen LogP) is 14.6. The summed E-state index contributed by atoms with van der Waals surface area (Å²) in [4.78, 5) is 63.2. The Hall–Kier alpha value is -6.67. The third-order valence-corrected chi connectivity index (χ3v) is 20.8. The van der Waals surface area contributed by atoms with Crippen molar-refractivity contribution in [3.8, 4) is 11.5 Å². The molecule has 15 nitrogen and oxygen atoms in total. The van der Waals surface area contributed by atoms with Crippen molar-refractivity contribution in [2.45, 2.75) is 211 Å². The number of aromatic hydroxyl groups is 1. The van der Waals surface area contributed by atoms with Gasteiger partial charge < -0.3 is 38.1 Å². The molecule has 0 saturated carbocycles. The SMILES string of the molecule is CCC(C)(C)C(=O)OC(C)(C)C1CCc2ccccc2C1.CCC(C)(C)C(=O)OC(C)C(F)(F)S(=O)(=O)[O-].CCC(C)(C)C(=O)OC1C2CC3C(=O)OC1C3O2.CCC(C)(C)C(=O)Oc1ccc(O)cc1.c1ccc([S+](c2ccccc2)c2ccccc2)cc1. The fourth-order valence-corrected chi connectivity index (χ4v) is 12.0. The first-order chi connectivity index (χ1) is 42.0. The molecule has 1 N–H and O–H groups in total. The van der Waals surface area contributed by atoms with Gasteiger partial charge >= 0.3 is 35.1 Å². The van der Waals surface area contributed by atoms with E-state index in [4.69, 9.17) is 28.8 Å². The smallest absolute Gasteiger partial charge is 0.369 e. The topological polar surface area (TPSA) is 218 Å². The Bertz CT molecular complexity index is 3190. The van der Waals surface area contributed by atoms with Crippen LogP contribution in [0.5, 0.6) is 11.5 Å². The lowest BCUT2D eigenvalue weighted by molar-refractivity contribution is -0.173. The molecule has 5 aromatic carbocycles. The summed E-state index contributed by atoms with van der Waals surface area (Å²) in [6.07, 6.45) is 2.85. The number of benzene rings is 5. The molecule has 0 spiro atoms. The minimum Gasteiger partial charge on any atom is -0.743 e. The molecular weight excluding hydrogens is 1190 g/mol. The maximum absolute atomic E-state index is 13.0. The first-order valence-corrected chi connectivity index (χ1v) is 33.4. The van der Waals surface area contributed by atoms with Gasteiger partial charge in [-0.05, 0) is 199 Å². The van der Waals surface area contributed by atoms with Gasteiger partial charge in [0.15, 0.2) is 43.1 Å². The van der Waals surface area contributed by atoms with Crippen molar-refractivity contribution >= 4 is 50.9 Å². The normalized spacial score (nSPS) is 19.7. The van der Waals surface area contributed by atoms with Crippen LogP contribution in [-0.2, 0) is 81.5 Å². The van der Waals surface area contributed by atoms with Gasteiger partial charge in [-0.3, -0.25) is 24.0 Å². The van der Waals surface area contributed by atoms with E-state index in [1.54, 1.807) is 19.1 Å². The minimum absolute atomic E-state index is 0.0146. The van der Waals surface area contributed by atoms with Crippen molar-refractivity contribution in [1.29, 1.82) is 0 Å². The van der Waals surface area contributed by atoms with Crippen LogP contribution in [0.15, 0.2) is 154 Å². The number of rotatable bonds is 18.